The minimum absolute atomic E-state index is 0.218. The van der Waals surface area contributed by atoms with Crippen LogP contribution in [0.5, 0.6) is 0 Å². The third kappa shape index (κ3) is 1.46. The topological polar surface area (TPSA) is 52.3 Å². The van der Waals surface area contributed by atoms with Gasteiger partial charge in [-0.05, 0) is 31.1 Å². The van der Waals surface area contributed by atoms with Crippen molar-refractivity contribution in [2.24, 2.45) is 17.6 Å². The van der Waals surface area contributed by atoms with Crippen molar-refractivity contribution in [3.8, 4) is 0 Å². The van der Waals surface area contributed by atoms with Crippen molar-refractivity contribution >= 4 is 5.97 Å². The Bertz CT molecular complexity index is 215. The number of carbonyl (C=O) groups is 1. The van der Waals surface area contributed by atoms with Crippen LogP contribution < -0.4 is 5.73 Å². The van der Waals surface area contributed by atoms with Crippen LogP contribution in [-0.4, -0.2) is 18.6 Å². The highest BCUT2D eigenvalue weighted by molar-refractivity contribution is 5.80. The van der Waals surface area contributed by atoms with Gasteiger partial charge in [-0.25, -0.2) is 0 Å². The first-order valence-electron chi connectivity index (χ1n) is 5.01. The number of hydrogen-bond donors (Lipinski definition) is 1. The molecule has 2 aliphatic carbocycles. The van der Waals surface area contributed by atoms with E-state index in [2.05, 4.69) is 0 Å². The third-order valence-electron chi connectivity index (χ3n) is 3.55. The number of carbonyl (C=O) groups excluding carboxylic acids is 1. The molecule has 3 heteroatoms. The lowest BCUT2D eigenvalue weighted by molar-refractivity contribution is -0.149. The number of fused-ring (bicyclic) bond motifs is 2. The largest absolute Gasteiger partial charge is 0.468 e. The first kappa shape index (κ1) is 9.00. The van der Waals surface area contributed by atoms with E-state index in [1.54, 1.807) is 0 Å². The summed E-state index contributed by atoms with van der Waals surface area (Å²) in [4.78, 5) is 11.5. The van der Waals surface area contributed by atoms with E-state index in [1.165, 1.54) is 26.4 Å². The maximum absolute atomic E-state index is 11.5. The van der Waals surface area contributed by atoms with Gasteiger partial charge in [0.15, 0.2) is 0 Å². The maximum atomic E-state index is 11.5. The molecule has 13 heavy (non-hydrogen) atoms. The van der Waals surface area contributed by atoms with Crippen LogP contribution >= 0.6 is 0 Å². The molecule has 74 valence electrons. The highest BCUT2D eigenvalue weighted by Crippen LogP contribution is 2.45. The van der Waals surface area contributed by atoms with Crippen molar-refractivity contribution in [1.29, 1.82) is 0 Å². The van der Waals surface area contributed by atoms with Crippen molar-refractivity contribution in [3.05, 3.63) is 0 Å². The van der Waals surface area contributed by atoms with Crippen LogP contribution in [0.4, 0.5) is 0 Å². The average Bonchev–Trinajstić information content (AvgIpc) is 2.44. The highest BCUT2D eigenvalue weighted by atomic mass is 16.5. The molecule has 0 aromatic rings. The lowest BCUT2D eigenvalue weighted by Crippen LogP contribution is -2.52. The van der Waals surface area contributed by atoms with Gasteiger partial charge in [-0.2, -0.15) is 0 Å². The van der Waals surface area contributed by atoms with E-state index in [0.717, 1.165) is 12.8 Å². The standard InChI is InChI=1S/C10H17NO2/c1-13-9(12)10(11)5-7-2-3-8(4-7)6-10/h7-8H,2-6,11H2,1H3/t7-,8+,10?. The molecule has 2 rings (SSSR count). The van der Waals surface area contributed by atoms with Crippen molar-refractivity contribution in [2.75, 3.05) is 7.11 Å². The van der Waals surface area contributed by atoms with E-state index in [9.17, 15) is 4.79 Å². The number of nitrogens with two attached hydrogens (primary N) is 1. The highest BCUT2D eigenvalue weighted by Gasteiger charge is 2.46. The SMILES string of the molecule is COC(=O)C1(N)C[C@@H]2CC[C@@H](C2)C1. The summed E-state index contributed by atoms with van der Waals surface area (Å²) < 4.78 is 4.75. The van der Waals surface area contributed by atoms with Gasteiger partial charge >= 0.3 is 5.97 Å². The molecular formula is C10H17NO2. The third-order valence-corrected chi connectivity index (χ3v) is 3.55. The maximum Gasteiger partial charge on any atom is 0.325 e. The van der Waals surface area contributed by atoms with E-state index in [1.807, 2.05) is 0 Å². The molecule has 2 aliphatic rings. The van der Waals surface area contributed by atoms with Gasteiger partial charge in [0.05, 0.1) is 7.11 Å². The van der Waals surface area contributed by atoms with E-state index in [0.29, 0.717) is 11.8 Å². The first-order valence-corrected chi connectivity index (χ1v) is 5.01. The predicted molar refractivity (Wildman–Crippen MR) is 49.0 cm³/mol. The molecule has 0 heterocycles. The number of methoxy groups -OCH3 is 1. The van der Waals surface area contributed by atoms with E-state index in [-0.39, 0.29) is 5.97 Å². The van der Waals surface area contributed by atoms with Crippen LogP contribution in [0.2, 0.25) is 0 Å². The van der Waals surface area contributed by atoms with Crippen LogP contribution in [0.1, 0.15) is 32.1 Å². The summed E-state index contributed by atoms with van der Waals surface area (Å²) in [7, 11) is 1.42. The monoisotopic (exact) mass is 183 g/mol. The molecule has 1 unspecified atom stereocenters. The summed E-state index contributed by atoms with van der Waals surface area (Å²) in [6.07, 6.45) is 5.43. The molecule has 0 aliphatic heterocycles. The second-order valence-corrected chi connectivity index (χ2v) is 4.60. The quantitative estimate of drug-likeness (QED) is 0.618. The molecule has 2 bridgehead atoms. The van der Waals surface area contributed by atoms with Gasteiger partial charge in [0.1, 0.15) is 5.54 Å². The Labute approximate surface area is 78.6 Å². The fourth-order valence-electron chi connectivity index (χ4n) is 3.03. The fraction of sp³-hybridized carbons (Fsp3) is 0.900. The lowest BCUT2D eigenvalue weighted by atomic mass is 9.76. The Hall–Kier alpha value is -0.570. The molecule has 2 fully saturated rings. The number of esters is 1. The van der Waals surface area contributed by atoms with Gasteiger partial charge in [-0.3, -0.25) is 4.79 Å². The summed E-state index contributed by atoms with van der Waals surface area (Å²) >= 11 is 0. The second kappa shape index (κ2) is 2.98. The molecular weight excluding hydrogens is 166 g/mol. The van der Waals surface area contributed by atoms with Crippen LogP contribution in [0.3, 0.4) is 0 Å². The molecule has 0 amide bonds. The normalized spacial score (nSPS) is 43.2. The van der Waals surface area contributed by atoms with Gasteiger partial charge in [0.25, 0.3) is 0 Å². The van der Waals surface area contributed by atoms with Gasteiger partial charge in [0.2, 0.25) is 0 Å². The van der Waals surface area contributed by atoms with E-state index in [4.69, 9.17) is 10.5 Å². The number of hydrogen-bond acceptors (Lipinski definition) is 3. The van der Waals surface area contributed by atoms with E-state index < -0.39 is 5.54 Å². The smallest absolute Gasteiger partial charge is 0.325 e. The first-order chi connectivity index (χ1) is 6.14. The summed E-state index contributed by atoms with van der Waals surface area (Å²) in [6.45, 7) is 0. The number of ether oxygens (including phenoxy) is 1. The Kier molecular flexibility index (Phi) is 2.06. The van der Waals surface area contributed by atoms with Gasteiger partial charge in [-0.1, -0.05) is 12.8 Å². The van der Waals surface area contributed by atoms with Crippen LogP contribution in [0.25, 0.3) is 0 Å². The minimum Gasteiger partial charge on any atom is -0.468 e. The average molecular weight is 183 g/mol. The van der Waals surface area contributed by atoms with Gasteiger partial charge in [-0.15, -0.1) is 0 Å². The molecule has 0 saturated heterocycles. The summed E-state index contributed by atoms with van der Waals surface area (Å²) in [6, 6.07) is 0. The summed E-state index contributed by atoms with van der Waals surface area (Å²) in [5.74, 6) is 1.12. The Balaban J connectivity index is 2.12. The fourth-order valence-corrected chi connectivity index (χ4v) is 3.03. The zero-order valence-corrected chi connectivity index (χ0v) is 8.08. The summed E-state index contributed by atoms with van der Waals surface area (Å²) in [5, 5.41) is 0. The Morgan fingerprint density at radius 2 is 1.92 bits per heavy atom. The molecule has 0 aromatic carbocycles. The molecule has 3 nitrogen and oxygen atoms in total. The second-order valence-electron chi connectivity index (χ2n) is 4.60. The van der Waals surface area contributed by atoms with Crippen LogP contribution in [0.15, 0.2) is 0 Å². The molecule has 0 radical (unpaired) electrons. The zero-order valence-electron chi connectivity index (χ0n) is 8.08. The van der Waals surface area contributed by atoms with Gasteiger partial charge < -0.3 is 10.5 Å². The Morgan fingerprint density at radius 3 is 2.38 bits per heavy atom. The zero-order chi connectivity index (χ0) is 9.47. The molecule has 0 spiro atoms. The van der Waals surface area contributed by atoms with Crippen molar-refractivity contribution in [3.63, 3.8) is 0 Å². The molecule has 2 saturated carbocycles. The lowest BCUT2D eigenvalue weighted by Gasteiger charge is -2.34. The summed E-state index contributed by atoms with van der Waals surface area (Å²) in [5.41, 5.74) is 5.39. The minimum atomic E-state index is -0.668. The molecule has 3 atom stereocenters. The molecule has 2 N–H and O–H groups in total. The predicted octanol–water partition coefficient (Wildman–Crippen LogP) is 1.07. The Morgan fingerprint density at radius 1 is 1.38 bits per heavy atom. The van der Waals surface area contributed by atoms with Crippen LogP contribution in [-0.2, 0) is 9.53 Å². The van der Waals surface area contributed by atoms with Crippen molar-refractivity contribution in [2.45, 2.75) is 37.6 Å². The van der Waals surface area contributed by atoms with Crippen LogP contribution in [0, 0.1) is 11.8 Å². The van der Waals surface area contributed by atoms with Gasteiger partial charge in [0, 0.05) is 0 Å². The number of rotatable bonds is 1. The van der Waals surface area contributed by atoms with Crippen molar-refractivity contribution < 1.29 is 9.53 Å². The van der Waals surface area contributed by atoms with E-state index >= 15 is 0 Å². The molecule has 0 aromatic heterocycles. The van der Waals surface area contributed by atoms with Crippen molar-refractivity contribution in [1.82, 2.24) is 0 Å².